The maximum atomic E-state index is 12.3. The van der Waals surface area contributed by atoms with Crippen LogP contribution in [0.5, 0.6) is 0 Å². The van der Waals surface area contributed by atoms with E-state index in [4.69, 9.17) is 4.74 Å². The lowest BCUT2D eigenvalue weighted by Gasteiger charge is -2.34. The molecule has 0 saturated carbocycles. The maximum Gasteiger partial charge on any atom is 0.340 e. The van der Waals surface area contributed by atoms with Gasteiger partial charge in [-0.1, -0.05) is 0 Å². The molecule has 3 heterocycles. The lowest BCUT2D eigenvalue weighted by molar-refractivity contribution is -0.138. The number of morpholine rings is 1. The molecule has 1 aromatic heterocycles. The molecule has 1 unspecified atom stereocenters. The number of carbonyl (C=O) groups is 2. The fourth-order valence-electron chi connectivity index (χ4n) is 3.14. The van der Waals surface area contributed by atoms with E-state index in [1.54, 1.807) is 4.90 Å². The highest BCUT2D eigenvalue weighted by Gasteiger charge is 2.30. The Labute approximate surface area is 144 Å². The molecule has 3 rings (SSSR count). The zero-order chi connectivity index (χ0) is 17.6. The van der Waals surface area contributed by atoms with Crippen molar-refractivity contribution in [2.45, 2.75) is 19.4 Å². The van der Waals surface area contributed by atoms with Crippen molar-refractivity contribution >= 4 is 11.8 Å². The van der Waals surface area contributed by atoms with Crippen LogP contribution in [0.4, 0.5) is 0 Å². The number of aromatic nitrogens is 3. The molecule has 0 spiro atoms. The number of nitrogens with one attached hydrogen (secondary N) is 3. The Kier molecular flexibility index (Phi) is 5.82. The highest BCUT2D eigenvalue weighted by molar-refractivity contribution is 5.83. The molecule has 10 heteroatoms. The van der Waals surface area contributed by atoms with Crippen LogP contribution in [0.25, 0.3) is 0 Å². The molecule has 0 bridgehead atoms. The summed E-state index contributed by atoms with van der Waals surface area (Å²) in [6.07, 6.45) is 0.941. The molecule has 0 radical (unpaired) electrons. The minimum absolute atomic E-state index is 0.106. The zero-order valence-electron chi connectivity index (χ0n) is 14.1. The summed E-state index contributed by atoms with van der Waals surface area (Å²) in [5, 5.41) is 8.77. The molecule has 3 N–H and O–H groups in total. The van der Waals surface area contributed by atoms with Crippen molar-refractivity contribution in [3.8, 4) is 0 Å². The third-order valence-corrected chi connectivity index (χ3v) is 4.64. The topological polar surface area (TPSA) is 123 Å². The highest BCUT2D eigenvalue weighted by Crippen LogP contribution is 2.18. The summed E-state index contributed by atoms with van der Waals surface area (Å²) in [6, 6.07) is 0. The van der Waals surface area contributed by atoms with Gasteiger partial charge in [-0.25, -0.2) is 9.89 Å². The Hall–Kier alpha value is -2.20. The van der Waals surface area contributed by atoms with E-state index in [0.717, 1.165) is 32.8 Å². The maximum absolute atomic E-state index is 12.3. The molecule has 25 heavy (non-hydrogen) atoms. The SMILES string of the molecule is O=C(NCc1n[nH]c(=O)[nH]1)C1CCC(=O)N(CCN2CCOCC2)C1. The van der Waals surface area contributed by atoms with Crippen LogP contribution in [-0.4, -0.2) is 82.7 Å². The molecule has 0 aliphatic carbocycles. The van der Waals surface area contributed by atoms with Gasteiger partial charge in [0.05, 0.1) is 25.7 Å². The van der Waals surface area contributed by atoms with E-state index in [1.165, 1.54) is 0 Å². The van der Waals surface area contributed by atoms with Crippen molar-refractivity contribution in [2.75, 3.05) is 45.9 Å². The molecule has 0 aromatic carbocycles. The number of carbonyl (C=O) groups excluding carboxylic acids is 2. The van der Waals surface area contributed by atoms with Gasteiger partial charge in [0, 0.05) is 39.1 Å². The number of nitrogens with zero attached hydrogens (tertiary/aromatic N) is 3. The molecule has 2 fully saturated rings. The number of aromatic amines is 2. The lowest BCUT2D eigenvalue weighted by atomic mass is 9.96. The molecular formula is C15H24N6O4. The van der Waals surface area contributed by atoms with Gasteiger partial charge in [0.25, 0.3) is 0 Å². The number of H-pyrrole nitrogens is 2. The number of rotatable bonds is 6. The molecule has 1 atom stereocenters. The van der Waals surface area contributed by atoms with Crippen LogP contribution in [-0.2, 0) is 20.9 Å². The van der Waals surface area contributed by atoms with E-state index in [1.807, 2.05) is 0 Å². The minimum atomic E-state index is -0.401. The number of hydrogen-bond acceptors (Lipinski definition) is 6. The largest absolute Gasteiger partial charge is 0.379 e. The van der Waals surface area contributed by atoms with Gasteiger partial charge in [0.2, 0.25) is 11.8 Å². The number of amides is 2. The Bertz CT molecular complexity index is 650. The van der Waals surface area contributed by atoms with Gasteiger partial charge in [-0.2, -0.15) is 5.10 Å². The van der Waals surface area contributed by atoms with Gasteiger partial charge >= 0.3 is 5.69 Å². The van der Waals surface area contributed by atoms with Crippen LogP contribution in [0.3, 0.4) is 0 Å². The van der Waals surface area contributed by atoms with Crippen molar-refractivity contribution in [2.24, 2.45) is 5.92 Å². The van der Waals surface area contributed by atoms with E-state index in [0.29, 0.717) is 31.8 Å². The second-order valence-corrected chi connectivity index (χ2v) is 6.37. The summed E-state index contributed by atoms with van der Waals surface area (Å²) in [4.78, 5) is 42.0. The van der Waals surface area contributed by atoms with Crippen molar-refractivity contribution in [1.82, 2.24) is 30.3 Å². The quantitative estimate of drug-likeness (QED) is 0.560. The fraction of sp³-hybridized carbons (Fsp3) is 0.733. The molecule has 2 amide bonds. The molecule has 2 aliphatic rings. The third kappa shape index (κ3) is 4.89. The molecular weight excluding hydrogens is 328 g/mol. The Morgan fingerprint density at radius 1 is 1.28 bits per heavy atom. The molecule has 138 valence electrons. The van der Waals surface area contributed by atoms with Gasteiger partial charge in [0.1, 0.15) is 5.82 Å². The second-order valence-electron chi connectivity index (χ2n) is 6.37. The Morgan fingerprint density at radius 3 is 2.80 bits per heavy atom. The predicted octanol–water partition coefficient (Wildman–Crippen LogP) is -1.71. The third-order valence-electron chi connectivity index (χ3n) is 4.64. The van der Waals surface area contributed by atoms with Crippen LogP contribution in [0.2, 0.25) is 0 Å². The van der Waals surface area contributed by atoms with E-state index < -0.39 is 5.69 Å². The predicted molar refractivity (Wildman–Crippen MR) is 87.6 cm³/mol. The number of hydrogen-bond donors (Lipinski definition) is 3. The standard InChI is InChI=1S/C15H24N6O4/c22-13-2-1-11(14(23)16-9-12-17-15(24)19-18-12)10-21(13)4-3-20-5-7-25-8-6-20/h11H,1-10H2,(H,16,23)(H2,17,18,19,24). The molecule has 2 aliphatic heterocycles. The summed E-state index contributed by atoms with van der Waals surface area (Å²) in [5.41, 5.74) is -0.401. The summed E-state index contributed by atoms with van der Waals surface area (Å²) < 4.78 is 5.32. The fourth-order valence-corrected chi connectivity index (χ4v) is 3.14. The normalized spacial score (nSPS) is 22.2. The van der Waals surface area contributed by atoms with E-state index >= 15 is 0 Å². The van der Waals surface area contributed by atoms with Crippen LogP contribution in [0.15, 0.2) is 4.79 Å². The minimum Gasteiger partial charge on any atom is -0.379 e. The first-order valence-corrected chi connectivity index (χ1v) is 8.61. The average Bonchev–Trinajstić information content (AvgIpc) is 3.05. The Morgan fingerprint density at radius 2 is 2.08 bits per heavy atom. The van der Waals surface area contributed by atoms with Crippen LogP contribution >= 0.6 is 0 Å². The number of ether oxygens (including phenoxy) is 1. The van der Waals surface area contributed by atoms with Crippen molar-refractivity contribution in [3.63, 3.8) is 0 Å². The van der Waals surface area contributed by atoms with E-state index in [2.05, 4.69) is 25.4 Å². The first kappa shape index (κ1) is 17.6. The average molecular weight is 352 g/mol. The first-order valence-electron chi connectivity index (χ1n) is 8.61. The summed E-state index contributed by atoms with van der Waals surface area (Å²) in [7, 11) is 0. The molecule has 2 saturated heterocycles. The smallest absolute Gasteiger partial charge is 0.340 e. The van der Waals surface area contributed by atoms with Gasteiger partial charge < -0.3 is 15.0 Å². The van der Waals surface area contributed by atoms with Crippen LogP contribution in [0, 0.1) is 5.92 Å². The molecule has 1 aromatic rings. The monoisotopic (exact) mass is 352 g/mol. The van der Waals surface area contributed by atoms with E-state index in [-0.39, 0.29) is 24.3 Å². The molecule has 10 nitrogen and oxygen atoms in total. The van der Waals surface area contributed by atoms with Gasteiger partial charge in [-0.3, -0.25) is 19.5 Å². The Balaban J connectivity index is 1.46. The van der Waals surface area contributed by atoms with E-state index in [9.17, 15) is 14.4 Å². The number of likely N-dealkylation sites (tertiary alicyclic amines) is 1. The summed E-state index contributed by atoms with van der Waals surface area (Å²) in [6.45, 7) is 5.26. The summed E-state index contributed by atoms with van der Waals surface area (Å²) >= 11 is 0. The summed E-state index contributed by atoms with van der Waals surface area (Å²) in [5.74, 6) is 0.143. The van der Waals surface area contributed by atoms with Gasteiger partial charge in [-0.15, -0.1) is 0 Å². The second kappa shape index (κ2) is 8.26. The van der Waals surface area contributed by atoms with Gasteiger partial charge in [0.15, 0.2) is 0 Å². The van der Waals surface area contributed by atoms with Crippen molar-refractivity contribution in [1.29, 1.82) is 0 Å². The van der Waals surface area contributed by atoms with Crippen LogP contribution in [0.1, 0.15) is 18.7 Å². The highest BCUT2D eigenvalue weighted by atomic mass is 16.5. The van der Waals surface area contributed by atoms with Crippen LogP contribution < -0.4 is 11.0 Å². The first-order chi connectivity index (χ1) is 12.1. The lowest BCUT2D eigenvalue weighted by Crippen LogP contribution is -2.49. The van der Waals surface area contributed by atoms with Crippen molar-refractivity contribution in [3.05, 3.63) is 16.3 Å². The zero-order valence-corrected chi connectivity index (χ0v) is 14.1. The van der Waals surface area contributed by atoms with Crippen molar-refractivity contribution < 1.29 is 14.3 Å². The van der Waals surface area contributed by atoms with Gasteiger partial charge in [-0.05, 0) is 6.42 Å². The number of piperidine rings is 1.